The number of benzene rings is 3. The molecule has 0 saturated heterocycles. The highest BCUT2D eigenvalue weighted by Gasteiger charge is 2.23. The summed E-state index contributed by atoms with van der Waals surface area (Å²) < 4.78 is 1.21. The molecule has 0 unspecified atom stereocenters. The van der Waals surface area contributed by atoms with Gasteiger partial charge in [0.15, 0.2) is 0 Å². The molecule has 0 spiro atoms. The van der Waals surface area contributed by atoms with E-state index in [1.54, 1.807) is 0 Å². The SMILES string of the molecule is Cc1ccc(SC2=CC=CCc3cc4c(c(Br)c32)C(Sc2ccc(C)cc2)=CC=CC4)cc1. The summed E-state index contributed by atoms with van der Waals surface area (Å²) in [5.41, 5.74) is 7.99. The average molecular weight is 530 g/mol. The Labute approximate surface area is 213 Å². The molecule has 33 heavy (non-hydrogen) atoms. The van der Waals surface area contributed by atoms with Crippen LogP contribution in [0.4, 0.5) is 0 Å². The predicted molar refractivity (Wildman–Crippen MR) is 150 cm³/mol. The Bertz CT molecular complexity index is 1210. The first-order valence-electron chi connectivity index (χ1n) is 11.2. The molecule has 0 N–H and O–H groups in total. The van der Waals surface area contributed by atoms with Crippen LogP contribution in [0.2, 0.25) is 0 Å². The zero-order valence-electron chi connectivity index (χ0n) is 18.8. The summed E-state index contributed by atoms with van der Waals surface area (Å²) in [6, 6.07) is 20.0. The summed E-state index contributed by atoms with van der Waals surface area (Å²) in [4.78, 5) is 5.10. The molecule has 0 atom stereocenters. The van der Waals surface area contributed by atoms with E-state index in [1.807, 2.05) is 23.5 Å². The molecular weight excluding hydrogens is 504 g/mol. The van der Waals surface area contributed by atoms with Crippen LogP contribution in [0.1, 0.15) is 33.4 Å². The largest absolute Gasteiger partial charge is 0.0894 e. The van der Waals surface area contributed by atoms with Crippen molar-refractivity contribution in [2.75, 3.05) is 0 Å². The van der Waals surface area contributed by atoms with Crippen LogP contribution in [0.25, 0.3) is 9.81 Å². The van der Waals surface area contributed by atoms with E-state index in [-0.39, 0.29) is 0 Å². The van der Waals surface area contributed by atoms with Gasteiger partial charge >= 0.3 is 0 Å². The Hall–Kier alpha value is -2.20. The van der Waals surface area contributed by atoms with E-state index in [0.717, 1.165) is 12.8 Å². The Kier molecular flexibility index (Phi) is 6.82. The van der Waals surface area contributed by atoms with Crippen molar-refractivity contribution in [1.29, 1.82) is 0 Å². The number of allylic oxidation sites excluding steroid dienone is 6. The highest BCUT2D eigenvalue weighted by molar-refractivity contribution is 9.10. The first-order valence-corrected chi connectivity index (χ1v) is 13.6. The minimum absolute atomic E-state index is 0.948. The van der Waals surface area contributed by atoms with E-state index in [0.29, 0.717) is 0 Å². The first kappa shape index (κ1) is 22.6. The summed E-state index contributed by atoms with van der Waals surface area (Å²) in [5.74, 6) is 0. The van der Waals surface area contributed by atoms with Crippen LogP contribution in [0.5, 0.6) is 0 Å². The molecule has 164 valence electrons. The van der Waals surface area contributed by atoms with E-state index < -0.39 is 0 Å². The van der Waals surface area contributed by atoms with Gasteiger partial charge in [-0.15, -0.1) is 0 Å². The quantitative estimate of drug-likeness (QED) is 0.330. The number of fused-ring (bicyclic) bond motifs is 2. The zero-order chi connectivity index (χ0) is 22.8. The van der Waals surface area contributed by atoms with Gasteiger partial charge in [0.05, 0.1) is 0 Å². The smallest absolute Gasteiger partial charge is 0.0348 e. The van der Waals surface area contributed by atoms with E-state index in [2.05, 4.69) is 121 Å². The van der Waals surface area contributed by atoms with Gasteiger partial charge in [-0.2, -0.15) is 0 Å². The van der Waals surface area contributed by atoms with Crippen LogP contribution < -0.4 is 0 Å². The summed E-state index contributed by atoms with van der Waals surface area (Å²) in [5, 5.41) is 0. The van der Waals surface area contributed by atoms with Gasteiger partial charge < -0.3 is 0 Å². The molecule has 0 radical (unpaired) electrons. The van der Waals surface area contributed by atoms with Gasteiger partial charge in [0.2, 0.25) is 0 Å². The molecule has 2 aliphatic carbocycles. The van der Waals surface area contributed by atoms with Crippen molar-refractivity contribution in [2.45, 2.75) is 36.5 Å². The van der Waals surface area contributed by atoms with Gasteiger partial charge in [0.1, 0.15) is 0 Å². The highest BCUT2D eigenvalue weighted by atomic mass is 79.9. The maximum atomic E-state index is 4.09. The fourth-order valence-electron chi connectivity index (χ4n) is 4.12. The predicted octanol–water partition coefficient (Wildman–Crippen LogP) is 9.56. The summed E-state index contributed by atoms with van der Waals surface area (Å²) in [6.07, 6.45) is 15.4. The Morgan fingerprint density at radius 2 is 1.06 bits per heavy atom. The van der Waals surface area contributed by atoms with Crippen LogP contribution in [0.15, 0.2) is 105 Å². The summed E-state index contributed by atoms with van der Waals surface area (Å²) >= 11 is 7.78. The average Bonchev–Trinajstić information content (AvgIpc) is 3.13. The number of thioether (sulfide) groups is 2. The third-order valence-electron chi connectivity index (χ3n) is 5.86. The summed E-state index contributed by atoms with van der Waals surface area (Å²) in [7, 11) is 0. The van der Waals surface area contributed by atoms with Gasteiger partial charge in [-0.1, -0.05) is 89.3 Å². The third kappa shape index (κ3) is 5.01. The van der Waals surface area contributed by atoms with Crippen molar-refractivity contribution in [3.05, 3.63) is 129 Å². The molecule has 0 saturated carbocycles. The fraction of sp³-hybridized carbons (Fsp3) is 0.133. The topological polar surface area (TPSA) is 0 Å². The molecule has 3 aromatic carbocycles. The molecule has 0 nitrogen and oxygen atoms in total. The van der Waals surface area contributed by atoms with Gasteiger partial charge in [-0.3, -0.25) is 0 Å². The number of halogens is 1. The molecule has 0 aliphatic heterocycles. The number of aryl methyl sites for hydroxylation is 2. The molecule has 5 rings (SSSR count). The van der Waals surface area contributed by atoms with Crippen molar-refractivity contribution >= 4 is 49.3 Å². The van der Waals surface area contributed by atoms with Crippen molar-refractivity contribution in [3.8, 4) is 0 Å². The van der Waals surface area contributed by atoms with E-state index >= 15 is 0 Å². The van der Waals surface area contributed by atoms with E-state index in [4.69, 9.17) is 0 Å². The normalized spacial score (nSPS) is 14.6. The minimum Gasteiger partial charge on any atom is -0.0894 e. The molecule has 0 amide bonds. The second kappa shape index (κ2) is 9.97. The molecule has 0 heterocycles. The van der Waals surface area contributed by atoms with Crippen molar-refractivity contribution < 1.29 is 0 Å². The van der Waals surface area contributed by atoms with Crippen molar-refractivity contribution in [2.24, 2.45) is 0 Å². The van der Waals surface area contributed by atoms with Gasteiger partial charge in [-0.25, -0.2) is 0 Å². The molecule has 2 aliphatic rings. The molecule has 0 aromatic heterocycles. The Balaban J connectivity index is 1.59. The van der Waals surface area contributed by atoms with Crippen molar-refractivity contribution in [1.82, 2.24) is 0 Å². The molecular formula is C30H25BrS2. The molecule has 3 aromatic rings. The first-order chi connectivity index (χ1) is 16.1. The van der Waals surface area contributed by atoms with Crippen LogP contribution in [0.3, 0.4) is 0 Å². The number of rotatable bonds is 4. The van der Waals surface area contributed by atoms with Crippen LogP contribution >= 0.6 is 39.5 Å². The maximum Gasteiger partial charge on any atom is 0.0348 e. The minimum atomic E-state index is 0.948. The molecule has 3 heteroatoms. The highest BCUT2D eigenvalue weighted by Crippen LogP contribution is 2.48. The maximum absolute atomic E-state index is 4.09. The molecule has 0 bridgehead atoms. The Morgan fingerprint density at radius 3 is 1.48 bits per heavy atom. The third-order valence-corrected chi connectivity index (χ3v) is 8.79. The Morgan fingerprint density at radius 1 is 0.636 bits per heavy atom. The van der Waals surface area contributed by atoms with E-state index in [1.165, 1.54) is 57.5 Å². The fourth-order valence-corrected chi connectivity index (χ4v) is 7.34. The molecule has 0 fully saturated rings. The van der Waals surface area contributed by atoms with Crippen molar-refractivity contribution in [3.63, 3.8) is 0 Å². The lowest BCUT2D eigenvalue weighted by molar-refractivity contribution is 1.18. The van der Waals surface area contributed by atoms with Crippen LogP contribution in [0, 0.1) is 13.8 Å². The lowest BCUT2D eigenvalue weighted by Crippen LogP contribution is -2.01. The number of hydrogen-bond donors (Lipinski definition) is 0. The monoisotopic (exact) mass is 528 g/mol. The lowest BCUT2D eigenvalue weighted by Gasteiger charge is -2.21. The zero-order valence-corrected chi connectivity index (χ0v) is 22.0. The van der Waals surface area contributed by atoms with Crippen LogP contribution in [-0.2, 0) is 12.8 Å². The number of hydrogen-bond acceptors (Lipinski definition) is 2. The van der Waals surface area contributed by atoms with E-state index in [9.17, 15) is 0 Å². The standard InChI is InChI=1S/C30H25BrS2/c1-20-11-15-24(16-12-20)32-26-9-5-3-7-22-19-23-8-4-6-10-27(29(23)30(31)28(22)26)33-25-17-13-21(2)14-18-25/h3-6,9-19H,7-8H2,1-2H3. The summed E-state index contributed by atoms with van der Waals surface area (Å²) in [6.45, 7) is 4.27. The van der Waals surface area contributed by atoms with Crippen LogP contribution in [-0.4, -0.2) is 0 Å². The van der Waals surface area contributed by atoms with Gasteiger partial charge in [-0.05, 0) is 90.2 Å². The second-order valence-electron chi connectivity index (χ2n) is 8.42. The van der Waals surface area contributed by atoms with Gasteiger partial charge in [0, 0.05) is 35.2 Å². The second-order valence-corrected chi connectivity index (χ2v) is 11.4. The van der Waals surface area contributed by atoms with Gasteiger partial charge in [0.25, 0.3) is 0 Å². The lowest BCUT2D eigenvalue weighted by atomic mass is 9.95.